The standard InChI is InChI=1S/C16H12F2N4O5/c1-15(2)12(23)22(14(24)21-15)11-5-6-19-13(20-11)25-8-3-4-9-10(7-8)27-16(17,18)26-9/h3-7H,1-2H3,(H,21,24). The summed E-state index contributed by atoms with van der Waals surface area (Å²) in [6.45, 7) is 3.13. The van der Waals surface area contributed by atoms with E-state index in [1.807, 2.05) is 0 Å². The van der Waals surface area contributed by atoms with Crippen molar-refractivity contribution in [3.63, 3.8) is 0 Å². The molecule has 1 aromatic heterocycles. The van der Waals surface area contributed by atoms with Crippen molar-refractivity contribution in [3.8, 4) is 23.3 Å². The maximum atomic E-state index is 13.1. The molecular formula is C16H12F2N4O5. The summed E-state index contributed by atoms with van der Waals surface area (Å²) >= 11 is 0. The highest BCUT2D eigenvalue weighted by Crippen LogP contribution is 2.43. The molecule has 0 atom stereocenters. The number of nitrogens with one attached hydrogen (secondary N) is 1. The predicted molar refractivity (Wildman–Crippen MR) is 84.8 cm³/mol. The molecule has 0 unspecified atom stereocenters. The molecule has 27 heavy (non-hydrogen) atoms. The van der Waals surface area contributed by atoms with Gasteiger partial charge in [-0.2, -0.15) is 4.98 Å². The molecule has 0 aliphatic carbocycles. The summed E-state index contributed by atoms with van der Waals surface area (Å²) in [6, 6.07) is 4.34. The lowest BCUT2D eigenvalue weighted by atomic mass is 10.1. The molecule has 4 rings (SSSR count). The number of anilines is 1. The first kappa shape index (κ1) is 16.9. The fraction of sp³-hybridized carbons (Fsp3) is 0.250. The van der Waals surface area contributed by atoms with Crippen LogP contribution in [0.15, 0.2) is 30.5 Å². The van der Waals surface area contributed by atoms with Gasteiger partial charge >= 0.3 is 18.3 Å². The quantitative estimate of drug-likeness (QED) is 0.818. The summed E-state index contributed by atoms with van der Waals surface area (Å²) in [5.74, 6) is -0.708. The van der Waals surface area contributed by atoms with Gasteiger partial charge in [0.15, 0.2) is 17.3 Å². The minimum absolute atomic E-state index is 0.0142. The van der Waals surface area contributed by atoms with Crippen molar-refractivity contribution >= 4 is 17.8 Å². The number of benzene rings is 1. The number of urea groups is 1. The average molecular weight is 378 g/mol. The van der Waals surface area contributed by atoms with Crippen LogP contribution in [-0.4, -0.2) is 33.7 Å². The molecule has 0 spiro atoms. The van der Waals surface area contributed by atoms with Crippen LogP contribution in [-0.2, 0) is 4.79 Å². The average Bonchev–Trinajstić information content (AvgIpc) is 2.98. The Morgan fingerprint density at radius 1 is 1.15 bits per heavy atom. The van der Waals surface area contributed by atoms with E-state index in [4.69, 9.17) is 4.74 Å². The van der Waals surface area contributed by atoms with Crippen LogP contribution in [0.5, 0.6) is 23.3 Å². The van der Waals surface area contributed by atoms with Crippen molar-refractivity contribution in [3.05, 3.63) is 30.5 Å². The van der Waals surface area contributed by atoms with Crippen LogP contribution in [0, 0.1) is 0 Å². The first-order valence-corrected chi connectivity index (χ1v) is 7.72. The molecule has 1 saturated heterocycles. The highest BCUT2D eigenvalue weighted by Gasteiger charge is 2.46. The molecule has 3 heterocycles. The van der Waals surface area contributed by atoms with Gasteiger partial charge in [0.2, 0.25) is 0 Å². The Hall–Kier alpha value is -3.50. The number of carbonyl (C=O) groups excluding carboxylic acids is 2. The number of halogens is 2. The molecule has 2 aromatic rings. The summed E-state index contributed by atoms with van der Waals surface area (Å²) in [6.07, 6.45) is -2.45. The Balaban J connectivity index is 1.58. The van der Waals surface area contributed by atoms with Crippen LogP contribution in [0.2, 0.25) is 0 Å². The van der Waals surface area contributed by atoms with Gasteiger partial charge in [-0.1, -0.05) is 0 Å². The van der Waals surface area contributed by atoms with E-state index in [-0.39, 0.29) is 29.1 Å². The van der Waals surface area contributed by atoms with Gasteiger partial charge in [-0.25, -0.2) is 14.7 Å². The monoisotopic (exact) mass is 378 g/mol. The molecule has 0 radical (unpaired) electrons. The Morgan fingerprint density at radius 2 is 1.89 bits per heavy atom. The maximum absolute atomic E-state index is 13.1. The van der Waals surface area contributed by atoms with Crippen molar-refractivity contribution in [2.75, 3.05) is 4.90 Å². The van der Waals surface area contributed by atoms with Crippen molar-refractivity contribution < 1.29 is 32.6 Å². The SMILES string of the molecule is CC1(C)NC(=O)N(c2ccnc(Oc3ccc4c(c3)OC(F)(F)O4)n2)C1=O. The van der Waals surface area contributed by atoms with E-state index in [9.17, 15) is 18.4 Å². The lowest BCUT2D eigenvalue weighted by Crippen LogP contribution is -2.40. The third-order valence-electron chi connectivity index (χ3n) is 3.79. The van der Waals surface area contributed by atoms with Gasteiger partial charge in [0.05, 0.1) is 0 Å². The van der Waals surface area contributed by atoms with E-state index in [0.717, 1.165) is 4.90 Å². The van der Waals surface area contributed by atoms with Gasteiger partial charge in [-0.05, 0) is 26.0 Å². The molecule has 9 nitrogen and oxygen atoms in total. The number of ether oxygens (including phenoxy) is 3. The number of fused-ring (bicyclic) bond motifs is 1. The minimum Gasteiger partial charge on any atom is -0.424 e. The Kier molecular flexibility index (Phi) is 3.45. The number of amides is 3. The van der Waals surface area contributed by atoms with Gasteiger partial charge in [0.25, 0.3) is 5.91 Å². The fourth-order valence-corrected chi connectivity index (χ4v) is 2.56. The zero-order chi connectivity index (χ0) is 19.4. The number of carbonyl (C=O) groups is 2. The highest BCUT2D eigenvalue weighted by molar-refractivity contribution is 6.22. The molecule has 0 bridgehead atoms. The second kappa shape index (κ2) is 5.50. The molecule has 3 amide bonds. The number of imide groups is 1. The normalized spacial score (nSPS) is 19.2. The van der Waals surface area contributed by atoms with Crippen molar-refractivity contribution in [2.24, 2.45) is 0 Å². The van der Waals surface area contributed by atoms with Crippen LogP contribution < -0.4 is 24.4 Å². The molecule has 1 N–H and O–H groups in total. The van der Waals surface area contributed by atoms with E-state index >= 15 is 0 Å². The van der Waals surface area contributed by atoms with E-state index in [2.05, 4.69) is 24.8 Å². The number of rotatable bonds is 3. The van der Waals surface area contributed by atoms with Gasteiger partial charge in [0.1, 0.15) is 11.3 Å². The molecular weight excluding hydrogens is 366 g/mol. The van der Waals surface area contributed by atoms with Gasteiger partial charge in [0, 0.05) is 18.3 Å². The van der Waals surface area contributed by atoms with E-state index in [1.54, 1.807) is 13.8 Å². The topological polar surface area (TPSA) is 103 Å². The first-order valence-electron chi connectivity index (χ1n) is 7.72. The van der Waals surface area contributed by atoms with Gasteiger partial charge in [-0.3, -0.25) is 4.79 Å². The van der Waals surface area contributed by atoms with Gasteiger partial charge in [-0.15, -0.1) is 8.78 Å². The van der Waals surface area contributed by atoms with Crippen molar-refractivity contribution in [1.29, 1.82) is 0 Å². The van der Waals surface area contributed by atoms with Crippen molar-refractivity contribution in [1.82, 2.24) is 15.3 Å². The minimum atomic E-state index is -3.74. The van der Waals surface area contributed by atoms with E-state index in [1.165, 1.54) is 30.5 Å². The Bertz CT molecular complexity index is 966. The molecule has 2 aliphatic rings. The van der Waals surface area contributed by atoms with Crippen LogP contribution in [0.1, 0.15) is 13.8 Å². The number of nitrogens with zero attached hydrogens (tertiary/aromatic N) is 3. The highest BCUT2D eigenvalue weighted by atomic mass is 19.3. The van der Waals surface area contributed by atoms with Crippen LogP contribution in [0.4, 0.5) is 19.4 Å². The fourth-order valence-electron chi connectivity index (χ4n) is 2.56. The number of aromatic nitrogens is 2. The summed E-state index contributed by atoms with van der Waals surface area (Å²) in [7, 11) is 0. The first-order chi connectivity index (χ1) is 12.6. The Labute approximate surface area is 150 Å². The summed E-state index contributed by atoms with van der Waals surface area (Å²) < 4.78 is 40.2. The zero-order valence-electron chi connectivity index (χ0n) is 14.0. The third-order valence-corrected chi connectivity index (χ3v) is 3.79. The second-order valence-corrected chi connectivity index (χ2v) is 6.27. The zero-order valence-corrected chi connectivity index (χ0v) is 14.0. The molecule has 2 aliphatic heterocycles. The lowest BCUT2D eigenvalue weighted by Gasteiger charge is -2.15. The lowest BCUT2D eigenvalue weighted by molar-refractivity contribution is -0.286. The van der Waals surface area contributed by atoms with Crippen molar-refractivity contribution in [2.45, 2.75) is 25.7 Å². The number of hydrogen-bond acceptors (Lipinski definition) is 7. The van der Waals surface area contributed by atoms with Gasteiger partial charge < -0.3 is 19.5 Å². The third kappa shape index (κ3) is 2.96. The number of alkyl halides is 2. The summed E-state index contributed by atoms with van der Waals surface area (Å²) in [4.78, 5) is 33.2. The predicted octanol–water partition coefficient (Wildman–Crippen LogP) is 2.43. The summed E-state index contributed by atoms with van der Waals surface area (Å²) in [5, 5.41) is 2.53. The second-order valence-electron chi connectivity index (χ2n) is 6.27. The molecule has 1 fully saturated rings. The largest absolute Gasteiger partial charge is 0.586 e. The molecule has 0 saturated carbocycles. The molecule has 140 valence electrons. The number of hydrogen-bond donors (Lipinski definition) is 1. The smallest absolute Gasteiger partial charge is 0.424 e. The maximum Gasteiger partial charge on any atom is 0.586 e. The van der Waals surface area contributed by atoms with Crippen LogP contribution in [0.25, 0.3) is 0 Å². The van der Waals surface area contributed by atoms with Crippen LogP contribution in [0.3, 0.4) is 0 Å². The Morgan fingerprint density at radius 3 is 2.59 bits per heavy atom. The van der Waals surface area contributed by atoms with E-state index in [0.29, 0.717) is 0 Å². The molecule has 1 aromatic carbocycles. The molecule has 11 heteroatoms. The van der Waals surface area contributed by atoms with E-state index < -0.39 is 23.8 Å². The van der Waals surface area contributed by atoms with Crippen LogP contribution >= 0.6 is 0 Å². The summed E-state index contributed by atoms with van der Waals surface area (Å²) in [5.41, 5.74) is -1.06.